The van der Waals surface area contributed by atoms with Crippen LogP contribution in [0.15, 0.2) is 36.4 Å². The second-order valence-electron chi connectivity index (χ2n) is 4.91. The summed E-state index contributed by atoms with van der Waals surface area (Å²) >= 11 is 5.39. The molecule has 0 aliphatic heterocycles. The second-order valence-corrected chi connectivity index (χ2v) is 5.29. The minimum atomic E-state index is -0.219. The number of imidazole rings is 1. The number of nitrogens with zero attached hydrogens (tertiary/aromatic N) is 1. The van der Waals surface area contributed by atoms with Crippen LogP contribution >= 0.6 is 12.2 Å². The van der Waals surface area contributed by atoms with Crippen molar-refractivity contribution in [2.24, 2.45) is 0 Å². The van der Waals surface area contributed by atoms with Crippen LogP contribution in [0.25, 0.3) is 16.7 Å². The fourth-order valence-corrected chi connectivity index (χ4v) is 2.72. The van der Waals surface area contributed by atoms with Crippen molar-refractivity contribution >= 4 is 23.3 Å². The summed E-state index contributed by atoms with van der Waals surface area (Å²) in [6.07, 6.45) is 0.969. The predicted octanol–water partition coefficient (Wildman–Crippen LogP) is 4.70. The van der Waals surface area contributed by atoms with Crippen LogP contribution in [0.2, 0.25) is 0 Å². The number of benzene rings is 2. The van der Waals surface area contributed by atoms with Crippen LogP contribution in [-0.4, -0.2) is 9.55 Å². The zero-order chi connectivity index (χ0) is 14.3. The highest BCUT2D eigenvalue weighted by molar-refractivity contribution is 7.71. The molecular formula is C16H15FN2S. The van der Waals surface area contributed by atoms with Gasteiger partial charge in [0.05, 0.1) is 11.0 Å². The molecule has 102 valence electrons. The first-order valence-electron chi connectivity index (χ1n) is 6.60. The molecule has 0 unspecified atom stereocenters. The Kier molecular flexibility index (Phi) is 3.18. The summed E-state index contributed by atoms with van der Waals surface area (Å²) in [5, 5.41) is 0. The van der Waals surface area contributed by atoms with E-state index in [2.05, 4.69) is 24.0 Å². The molecule has 1 aromatic heterocycles. The molecular weight excluding hydrogens is 271 g/mol. The third-order valence-corrected chi connectivity index (χ3v) is 3.82. The largest absolute Gasteiger partial charge is 0.330 e. The van der Waals surface area contributed by atoms with Crippen molar-refractivity contribution in [2.75, 3.05) is 0 Å². The molecule has 3 aromatic rings. The van der Waals surface area contributed by atoms with E-state index in [-0.39, 0.29) is 5.82 Å². The van der Waals surface area contributed by atoms with Gasteiger partial charge >= 0.3 is 0 Å². The second kappa shape index (κ2) is 4.87. The molecule has 2 nitrogen and oxygen atoms in total. The molecule has 0 bridgehead atoms. The lowest BCUT2D eigenvalue weighted by Gasteiger charge is -2.07. The zero-order valence-corrected chi connectivity index (χ0v) is 12.2. The fraction of sp³-hybridized carbons (Fsp3) is 0.188. The van der Waals surface area contributed by atoms with E-state index in [0.717, 1.165) is 23.1 Å². The minimum Gasteiger partial charge on any atom is -0.330 e. The standard InChI is InChI=1S/C16H15FN2S/c1-3-11-5-4-6-12(8-11)19-15-7-10(2)13(17)9-14(15)18-16(19)20/h4-9H,3H2,1-2H3,(H,18,20). The van der Waals surface area contributed by atoms with Crippen LogP contribution in [0.3, 0.4) is 0 Å². The van der Waals surface area contributed by atoms with Crippen LogP contribution in [0.4, 0.5) is 4.39 Å². The van der Waals surface area contributed by atoms with Crippen LogP contribution in [0, 0.1) is 17.5 Å². The van der Waals surface area contributed by atoms with Gasteiger partial charge in [0, 0.05) is 5.69 Å². The van der Waals surface area contributed by atoms with Gasteiger partial charge in [-0.1, -0.05) is 19.1 Å². The number of aromatic amines is 1. The Labute approximate surface area is 121 Å². The summed E-state index contributed by atoms with van der Waals surface area (Å²) in [7, 11) is 0. The van der Waals surface area contributed by atoms with E-state index in [9.17, 15) is 4.39 Å². The molecule has 0 aliphatic rings. The summed E-state index contributed by atoms with van der Waals surface area (Å²) < 4.78 is 16.2. The summed E-state index contributed by atoms with van der Waals surface area (Å²) in [6.45, 7) is 3.88. The number of aryl methyl sites for hydroxylation is 2. The van der Waals surface area contributed by atoms with Gasteiger partial charge in [0.15, 0.2) is 4.77 Å². The van der Waals surface area contributed by atoms with Crippen LogP contribution in [0.1, 0.15) is 18.1 Å². The van der Waals surface area contributed by atoms with Gasteiger partial charge in [0.1, 0.15) is 5.82 Å². The Morgan fingerprint density at radius 3 is 2.80 bits per heavy atom. The number of halogens is 1. The lowest BCUT2D eigenvalue weighted by atomic mass is 10.1. The van der Waals surface area contributed by atoms with E-state index < -0.39 is 0 Å². The van der Waals surface area contributed by atoms with Gasteiger partial charge in [-0.25, -0.2) is 4.39 Å². The first-order valence-corrected chi connectivity index (χ1v) is 7.01. The maximum Gasteiger partial charge on any atom is 0.182 e. The summed E-state index contributed by atoms with van der Waals surface area (Å²) in [4.78, 5) is 3.07. The fourth-order valence-electron chi connectivity index (χ4n) is 2.40. The number of H-pyrrole nitrogens is 1. The molecule has 2 aromatic carbocycles. The normalized spacial score (nSPS) is 11.2. The van der Waals surface area contributed by atoms with Crippen molar-refractivity contribution in [3.05, 3.63) is 58.1 Å². The van der Waals surface area contributed by atoms with Crippen molar-refractivity contribution in [1.82, 2.24) is 9.55 Å². The lowest BCUT2D eigenvalue weighted by Crippen LogP contribution is -1.95. The number of aromatic nitrogens is 2. The maximum absolute atomic E-state index is 13.6. The molecule has 1 N–H and O–H groups in total. The maximum atomic E-state index is 13.6. The molecule has 3 rings (SSSR count). The Morgan fingerprint density at radius 2 is 2.05 bits per heavy atom. The quantitative estimate of drug-likeness (QED) is 0.677. The molecule has 20 heavy (non-hydrogen) atoms. The average Bonchev–Trinajstić information content (AvgIpc) is 2.74. The van der Waals surface area contributed by atoms with Gasteiger partial charge in [-0.2, -0.15) is 0 Å². The van der Waals surface area contributed by atoms with E-state index >= 15 is 0 Å². The van der Waals surface area contributed by atoms with Crippen molar-refractivity contribution in [3.63, 3.8) is 0 Å². The number of hydrogen-bond acceptors (Lipinski definition) is 1. The SMILES string of the molecule is CCc1cccc(-n2c(=S)[nH]c3cc(F)c(C)cc32)c1. The predicted molar refractivity (Wildman–Crippen MR) is 82.5 cm³/mol. The Hall–Kier alpha value is -1.94. The van der Waals surface area contributed by atoms with Gasteiger partial charge in [-0.15, -0.1) is 0 Å². The topological polar surface area (TPSA) is 20.7 Å². The molecule has 4 heteroatoms. The number of nitrogens with one attached hydrogen (secondary N) is 1. The first-order chi connectivity index (χ1) is 9.60. The number of fused-ring (bicyclic) bond motifs is 1. The molecule has 0 saturated carbocycles. The smallest absolute Gasteiger partial charge is 0.182 e. The lowest BCUT2D eigenvalue weighted by molar-refractivity contribution is 0.620. The van der Waals surface area contributed by atoms with Gasteiger partial charge in [-0.05, 0) is 61.0 Å². The highest BCUT2D eigenvalue weighted by atomic mass is 32.1. The van der Waals surface area contributed by atoms with E-state index in [4.69, 9.17) is 12.2 Å². The molecule has 0 aliphatic carbocycles. The summed E-state index contributed by atoms with van der Waals surface area (Å²) in [5.41, 5.74) is 4.50. The highest BCUT2D eigenvalue weighted by Crippen LogP contribution is 2.23. The van der Waals surface area contributed by atoms with Crippen molar-refractivity contribution in [1.29, 1.82) is 0 Å². The van der Waals surface area contributed by atoms with Gasteiger partial charge in [-0.3, -0.25) is 4.57 Å². The molecule has 0 fully saturated rings. The van der Waals surface area contributed by atoms with E-state index in [1.807, 2.05) is 22.8 Å². The van der Waals surface area contributed by atoms with Crippen LogP contribution < -0.4 is 0 Å². The Bertz CT molecular complexity index is 845. The van der Waals surface area contributed by atoms with Crippen LogP contribution in [-0.2, 0) is 6.42 Å². The summed E-state index contributed by atoms with van der Waals surface area (Å²) in [5.74, 6) is -0.219. The van der Waals surface area contributed by atoms with Crippen LogP contribution in [0.5, 0.6) is 0 Å². The number of hydrogen-bond donors (Lipinski definition) is 1. The molecule has 0 atom stereocenters. The summed E-state index contributed by atoms with van der Waals surface area (Å²) in [6, 6.07) is 11.6. The van der Waals surface area contributed by atoms with Crippen molar-refractivity contribution in [3.8, 4) is 5.69 Å². The number of rotatable bonds is 2. The molecule has 0 saturated heterocycles. The first kappa shape index (κ1) is 13.1. The minimum absolute atomic E-state index is 0.219. The highest BCUT2D eigenvalue weighted by Gasteiger charge is 2.09. The molecule has 0 amide bonds. The Balaban J connectivity index is 2.32. The van der Waals surface area contributed by atoms with E-state index in [1.165, 1.54) is 11.6 Å². The van der Waals surface area contributed by atoms with Crippen molar-refractivity contribution in [2.45, 2.75) is 20.3 Å². The van der Waals surface area contributed by atoms with E-state index in [0.29, 0.717) is 10.3 Å². The average molecular weight is 286 g/mol. The van der Waals surface area contributed by atoms with Crippen molar-refractivity contribution < 1.29 is 4.39 Å². The van der Waals surface area contributed by atoms with Gasteiger partial charge in [0.2, 0.25) is 0 Å². The molecule has 1 heterocycles. The third-order valence-electron chi connectivity index (χ3n) is 3.54. The zero-order valence-electron chi connectivity index (χ0n) is 11.4. The van der Waals surface area contributed by atoms with Gasteiger partial charge < -0.3 is 4.98 Å². The van der Waals surface area contributed by atoms with Gasteiger partial charge in [0.25, 0.3) is 0 Å². The monoisotopic (exact) mass is 286 g/mol. The molecule has 0 spiro atoms. The molecule has 0 radical (unpaired) electrons. The third kappa shape index (κ3) is 2.06. The Morgan fingerprint density at radius 1 is 1.25 bits per heavy atom. The van der Waals surface area contributed by atoms with E-state index in [1.54, 1.807) is 6.92 Å².